The molecule has 3 aromatic rings. The van der Waals surface area contributed by atoms with Gasteiger partial charge in [-0.15, -0.1) is 0 Å². The van der Waals surface area contributed by atoms with Gasteiger partial charge < -0.3 is 25.2 Å². The van der Waals surface area contributed by atoms with Crippen molar-refractivity contribution in [3.05, 3.63) is 40.5 Å². The highest BCUT2D eigenvalue weighted by molar-refractivity contribution is 6.41. The average Bonchev–Trinajstić information content (AvgIpc) is 3.23. The number of nitrogens with zero attached hydrogens (tertiary/aromatic N) is 2. The summed E-state index contributed by atoms with van der Waals surface area (Å²) in [6, 6.07) is 7.58. The number of aromatic nitrogens is 2. The van der Waals surface area contributed by atoms with Gasteiger partial charge in [0.1, 0.15) is 11.5 Å². The molecule has 32 heavy (non-hydrogen) atoms. The molecule has 170 valence electrons. The summed E-state index contributed by atoms with van der Waals surface area (Å²) in [4.78, 5) is 9.12. The van der Waals surface area contributed by atoms with Crippen LogP contribution in [0.2, 0.25) is 10.0 Å². The van der Waals surface area contributed by atoms with Crippen molar-refractivity contribution >= 4 is 40.1 Å². The molecule has 1 aliphatic heterocycles. The van der Waals surface area contributed by atoms with Crippen LogP contribution in [0.3, 0.4) is 0 Å². The summed E-state index contributed by atoms with van der Waals surface area (Å²) in [5.74, 6) is 1.51. The highest BCUT2D eigenvalue weighted by Crippen LogP contribution is 2.46. The SMILES string of the molecule is COc1cc(OC)c(Cl)c(-c2ccc3nc(N[C@H]4CN[C@@H](C(C)(C)O)C4)ncc3c2)c1Cl. The number of rotatable bonds is 6. The van der Waals surface area contributed by atoms with Crippen molar-refractivity contribution in [2.45, 2.75) is 38.0 Å². The van der Waals surface area contributed by atoms with Gasteiger partial charge in [-0.3, -0.25) is 0 Å². The monoisotopic (exact) mass is 476 g/mol. The molecule has 0 radical (unpaired) electrons. The van der Waals surface area contributed by atoms with Gasteiger partial charge in [0, 0.05) is 41.8 Å². The van der Waals surface area contributed by atoms with Crippen molar-refractivity contribution < 1.29 is 14.6 Å². The second-order valence-corrected chi connectivity index (χ2v) is 9.20. The van der Waals surface area contributed by atoms with E-state index in [1.165, 1.54) is 0 Å². The Morgan fingerprint density at radius 3 is 2.41 bits per heavy atom. The second kappa shape index (κ2) is 8.90. The van der Waals surface area contributed by atoms with E-state index in [4.69, 9.17) is 32.7 Å². The lowest BCUT2D eigenvalue weighted by atomic mass is 9.96. The number of fused-ring (bicyclic) bond motifs is 1. The quantitative estimate of drug-likeness (QED) is 0.481. The molecule has 0 bridgehead atoms. The Hall–Kier alpha value is -2.32. The first kappa shape index (κ1) is 22.9. The molecular weight excluding hydrogens is 451 g/mol. The molecule has 2 aromatic carbocycles. The molecule has 1 fully saturated rings. The van der Waals surface area contributed by atoms with Crippen LogP contribution in [0.4, 0.5) is 5.95 Å². The third kappa shape index (κ3) is 4.43. The summed E-state index contributed by atoms with van der Waals surface area (Å²) in [5, 5.41) is 18.6. The van der Waals surface area contributed by atoms with Crippen LogP contribution in [-0.4, -0.2) is 53.5 Å². The molecule has 4 rings (SSSR count). The maximum absolute atomic E-state index is 10.2. The Kier molecular flexibility index (Phi) is 6.36. The minimum atomic E-state index is -0.775. The lowest BCUT2D eigenvalue weighted by molar-refractivity contribution is 0.0446. The first-order chi connectivity index (χ1) is 15.2. The molecule has 1 aromatic heterocycles. The number of ether oxygens (including phenoxy) is 2. The highest BCUT2D eigenvalue weighted by Gasteiger charge is 2.34. The normalized spacial score (nSPS) is 18.7. The summed E-state index contributed by atoms with van der Waals surface area (Å²) in [7, 11) is 3.09. The maximum atomic E-state index is 10.2. The largest absolute Gasteiger partial charge is 0.495 e. The van der Waals surface area contributed by atoms with Crippen LogP contribution >= 0.6 is 23.2 Å². The molecule has 3 N–H and O–H groups in total. The number of hydrogen-bond donors (Lipinski definition) is 3. The van der Waals surface area contributed by atoms with E-state index in [0.717, 1.165) is 29.4 Å². The van der Waals surface area contributed by atoms with Gasteiger partial charge in [0.05, 0.1) is 35.4 Å². The molecule has 1 saturated heterocycles. The topological polar surface area (TPSA) is 88.5 Å². The Morgan fingerprint density at radius 1 is 1.12 bits per heavy atom. The molecule has 0 spiro atoms. The third-order valence-electron chi connectivity index (χ3n) is 5.76. The van der Waals surface area contributed by atoms with E-state index in [0.29, 0.717) is 33.1 Å². The van der Waals surface area contributed by atoms with Gasteiger partial charge in [-0.1, -0.05) is 29.3 Å². The minimum Gasteiger partial charge on any atom is -0.495 e. The molecule has 9 heteroatoms. The van der Waals surface area contributed by atoms with Crippen LogP contribution in [0.15, 0.2) is 30.5 Å². The highest BCUT2D eigenvalue weighted by atomic mass is 35.5. The van der Waals surface area contributed by atoms with E-state index in [1.807, 2.05) is 32.0 Å². The molecule has 1 aliphatic rings. The predicted molar refractivity (Wildman–Crippen MR) is 128 cm³/mol. The molecule has 0 unspecified atom stereocenters. The summed E-state index contributed by atoms with van der Waals surface area (Å²) >= 11 is 13.1. The van der Waals surface area contributed by atoms with E-state index in [2.05, 4.69) is 20.6 Å². The fraction of sp³-hybridized carbons (Fsp3) is 0.391. The average molecular weight is 477 g/mol. The molecule has 0 aliphatic carbocycles. The van der Waals surface area contributed by atoms with Gasteiger partial charge in [-0.2, -0.15) is 0 Å². The van der Waals surface area contributed by atoms with Crippen LogP contribution in [-0.2, 0) is 0 Å². The van der Waals surface area contributed by atoms with Gasteiger partial charge >= 0.3 is 0 Å². The lowest BCUT2D eigenvalue weighted by Gasteiger charge is -2.25. The van der Waals surface area contributed by atoms with Crippen molar-refractivity contribution in [3.63, 3.8) is 0 Å². The minimum absolute atomic E-state index is 0.0253. The zero-order valence-electron chi connectivity index (χ0n) is 18.4. The maximum Gasteiger partial charge on any atom is 0.223 e. The van der Waals surface area contributed by atoms with E-state index < -0.39 is 5.60 Å². The van der Waals surface area contributed by atoms with Gasteiger partial charge in [0.15, 0.2) is 0 Å². The van der Waals surface area contributed by atoms with E-state index in [9.17, 15) is 5.11 Å². The Balaban J connectivity index is 1.62. The summed E-state index contributed by atoms with van der Waals surface area (Å²) < 4.78 is 10.8. The van der Waals surface area contributed by atoms with Crippen LogP contribution in [0.5, 0.6) is 11.5 Å². The number of methoxy groups -OCH3 is 2. The van der Waals surface area contributed by atoms with Gasteiger partial charge in [-0.05, 0) is 38.0 Å². The van der Waals surface area contributed by atoms with Gasteiger partial charge in [0.2, 0.25) is 5.95 Å². The van der Waals surface area contributed by atoms with E-state index in [1.54, 1.807) is 26.5 Å². The first-order valence-electron chi connectivity index (χ1n) is 10.3. The lowest BCUT2D eigenvalue weighted by Crippen LogP contribution is -2.42. The van der Waals surface area contributed by atoms with Gasteiger partial charge in [0.25, 0.3) is 0 Å². The van der Waals surface area contributed by atoms with E-state index >= 15 is 0 Å². The first-order valence-corrected chi connectivity index (χ1v) is 11.1. The number of nitrogens with one attached hydrogen (secondary N) is 2. The van der Waals surface area contributed by atoms with Crippen molar-refractivity contribution in [2.24, 2.45) is 0 Å². The Morgan fingerprint density at radius 2 is 1.81 bits per heavy atom. The number of aliphatic hydroxyl groups is 1. The van der Waals surface area contributed by atoms with Crippen LogP contribution < -0.4 is 20.1 Å². The summed E-state index contributed by atoms with van der Waals surface area (Å²) in [5.41, 5.74) is 1.45. The fourth-order valence-corrected chi connectivity index (χ4v) is 4.68. The molecule has 0 amide bonds. The fourth-order valence-electron chi connectivity index (χ4n) is 3.96. The Bertz CT molecular complexity index is 1120. The molecule has 0 saturated carbocycles. The zero-order valence-corrected chi connectivity index (χ0v) is 19.9. The van der Waals surface area contributed by atoms with Crippen LogP contribution in [0.1, 0.15) is 20.3 Å². The zero-order chi connectivity index (χ0) is 23.0. The predicted octanol–water partition coefficient (Wildman–Crippen LogP) is 4.53. The summed E-state index contributed by atoms with van der Waals surface area (Å²) in [6.07, 6.45) is 2.56. The van der Waals surface area contributed by atoms with Crippen molar-refractivity contribution in [3.8, 4) is 22.6 Å². The van der Waals surface area contributed by atoms with Crippen LogP contribution in [0, 0.1) is 0 Å². The standard InChI is InChI=1S/C23H26Cl2N4O3/c1-23(2,30)18-8-14(11-26-18)28-22-27-10-13-7-12(5-6-15(13)29-22)19-20(24)16(31-3)9-17(32-4)21(19)25/h5-7,9-10,14,18,26,30H,8,11H2,1-4H3,(H,27,28,29)/t14-,18-/m1/s1. The molecule has 2 atom stereocenters. The Labute approximate surface area is 197 Å². The number of halogens is 2. The van der Waals surface area contributed by atoms with Crippen molar-refractivity contribution in [1.82, 2.24) is 15.3 Å². The summed E-state index contributed by atoms with van der Waals surface area (Å²) in [6.45, 7) is 4.37. The molecular formula is C23H26Cl2N4O3. The third-order valence-corrected chi connectivity index (χ3v) is 6.51. The second-order valence-electron chi connectivity index (χ2n) is 8.44. The smallest absolute Gasteiger partial charge is 0.223 e. The van der Waals surface area contributed by atoms with Crippen molar-refractivity contribution in [1.29, 1.82) is 0 Å². The molecule has 7 nitrogen and oxygen atoms in total. The van der Waals surface area contributed by atoms with Crippen LogP contribution in [0.25, 0.3) is 22.0 Å². The number of hydrogen-bond acceptors (Lipinski definition) is 7. The number of benzene rings is 2. The van der Waals surface area contributed by atoms with Gasteiger partial charge in [-0.25, -0.2) is 9.97 Å². The molecule has 2 heterocycles. The number of anilines is 1. The van der Waals surface area contributed by atoms with E-state index in [-0.39, 0.29) is 12.1 Å². The van der Waals surface area contributed by atoms with Crippen molar-refractivity contribution in [2.75, 3.05) is 26.1 Å².